The minimum atomic E-state index is -0.858. The third-order valence-electron chi connectivity index (χ3n) is 8.52. The van der Waals surface area contributed by atoms with Crippen LogP contribution in [0.4, 0.5) is 8.78 Å². The quantitative estimate of drug-likeness (QED) is 0.179. The Hall–Kier alpha value is -2.73. The number of carbonyl (C=O) groups excluding carboxylic acids is 1. The van der Waals surface area contributed by atoms with Crippen LogP contribution in [0.25, 0.3) is 11.1 Å². The molecule has 212 valence electrons. The van der Waals surface area contributed by atoms with Crippen LogP contribution in [0.1, 0.15) is 88.2 Å². The van der Waals surface area contributed by atoms with Gasteiger partial charge in [0.25, 0.3) is 0 Å². The molecule has 0 spiro atoms. The average Bonchev–Trinajstić information content (AvgIpc) is 2.96. The van der Waals surface area contributed by atoms with Crippen LogP contribution in [0, 0.1) is 23.5 Å². The van der Waals surface area contributed by atoms with Crippen molar-refractivity contribution >= 4 is 5.97 Å². The second-order valence-electron chi connectivity index (χ2n) is 11.3. The molecular formula is C33H42F2O4. The summed E-state index contributed by atoms with van der Waals surface area (Å²) in [5, 5.41) is 9.20. The molecule has 2 aromatic carbocycles. The highest BCUT2D eigenvalue weighted by Gasteiger charge is 2.31. The van der Waals surface area contributed by atoms with Gasteiger partial charge in [0.1, 0.15) is 19.0 Å². The summed E-state index contributed by atoms with van der Waals surface area (Å²) in [5.74, 6) is -0.155. The predicted molar refractivity (Wildman–Crippen MR) is 150 cm³/mol. The van der Waals surface area contributed by atoms with E-state index < -0.39 is 17.6 Å². The molecule has 0 bridgehead atoms. The van der Waals surface area contributed by atoms with Crippen molar-refractivity contribution in [1.82, 2.24) is 0 Å². The molecule has 6 heteroatoms. The second kappa shape index (κ2) is 14.1. The van der Waals surface area contributed by atoms with Gasteiger partial charge in [0.05, 0.1) is 0 Å². The van der Waals surface area contributed by atoms with Gasteiger partial charge in [-0.15, -0.1) is 0 Å². The molecule has 1 N–H and O–H groups in total. The number of rotatable bonds is 11. The molecule has 2 fully saturated rings. The smallest absolute Gasteiger partial charge is 0.333 e. The van der Waals surface area contributed by atoms with E-state index >= 15 is 8.78 Å². The Morgan fingerprint density at radius 2 is 1.62 bits per heavy atom. The molecule has 2 aliphatic carbocycles. The molecule has 0 heterocycles. The Morgan fingerprint density at radius 3 is 2.31 bits per heavy atom. The van der Waals surface area contributed by atoms with Gasteiger partial charge in [-0.05, 0) is 80.4 Å². The van der Waals surface area contributed by atoms with E-state index in [9.17, 15) is 9.90 Å². The highest BCUT2D eigenvalue weighted by Crippen LogP contribution is 2.44. The maximum absolute atomic E-state index is 15.6. The molecule has 0 saturated heterocycles. The van der Waals surface area contributed by atoms with Crippen molar-refractivity contribution in [2.24, 2.45) is 11.8 Å². The van der Waals surface area contributed by atoms with Gasteiger partial charge >= 0.3 is 5.97 Å². The number of aryl methyl sites for hydroxylation is 1. The maximum Gasteiger partial charge on any atom is 0.333 e. The largest absolute Gasteiger partial charge is 0.489 e. The summed E-state index contributed by atoms with van der Waals surface area (Å²) in [6, 6.07) is 8.77. The van der Waals surface area contributed by atoms with Crippen LogP contribution in [0.5, 0.6) is 5.75 Å². The van der Waals surface area contributed by atoms with Gasteiger partial charge in [0.15, 0.2) is 11.6 Å². The monoisotopic (exact) mass is 540 g/mol. The maximum atomic E-state index is 15.6. The SMILES string of the molecule is C=C(C)C(=O)OCCOc1cc(CCCO)ccc1-c1ccc(C2CCC(C3CCCCC3)CC2)c(F)c1F. The van der Waals surface area contributed by atoms with Crippen molar-refractivity contribution in [2.45, 2.75) is 83.5 Å². The Bertz CT molecular complexity index is 1130. The number of hydrogen-bond acceptors (Lipinski definition) is 4. The molecule has 0 radical (unpaired) electrons. The first-order chi connectivity index (χ1) is 18.9. The van der Waals surface area contributed by atoms with Crippen LogP contribution in [0.2, 0.25) is 0 Å². The summed E-state index contributed by atoms with van der Waals surface area (Å²) in [4.78, 5) is 11.7. The zero-order chi connectivity index (χ0) is 27.8. The predicted octanol–water partition coefficient (Wildman–Crippen LogP) is 7.91. The number of halogens is 2. The Kier molecular flexibility index (Phi) is 10.6. The van der Waals surface area contributed by atoms with Crippen molar-refractivity contribution in [2.75, 3.05) is 19.8 Å². The van der Waals surface area contributed by atoms with Gasteiger partial charge in [-0.2, -0.15) is 0 Å². The van der Waals surface area contributed by atoms with E-state index in [1.165, 1.54) is 32.1 Å². The molecule has 0 atom stereocenters. The van der Waals surface area contributed by atoms with Crippen molar-refractivity contribution in [3.05, 3.63) is 65.2 Å². The number of aliphatic hydroxyl groups excluding tert-OH is 1. The third kappa shape index (κ3) is 7.47. The summed E-state index contributed by atoms with van der Waals surface area (Å²) in [6.45, 7) is 5.24. The van der Waals surface area contributed by atoms with Gasteiger partial charge in [-0.1, -0.05) is 62.9 Å². The van der Waals surface area contributed by atoms with Gasteiger partial charge in [-0.3, -0.25) is 0 Å². The lowest BCUT2D eigenvalue weighted by Gasteiger charge is -2.36. The molecule has 2 aliphatic rings. The second-order valence-corrected chi connectivity index (χ2v) is 11.3. The summed E-state index contributed by atoms with van der Waals surface area (Å²) < 4.78 is 42.1. The number of ether oxygens (including phenoxy) is 2. The first-order valence-corrected chi connectivity index (χ1v) is 14.6. The molecule has 0 amide bonds. The van der Waals surface area contributed by atoms with Gasteiger partial charge < -0.3 is 14.6 Å². The minimum Gasteiger partial charge on any atom is -0.489 e. The van der Waals surface area contributed by atoms with Crippen molar-refractivity contribution in [3.63, 3.8) is 0 Å². The Balaban J connectivity index is 1.49. The first-order valence-electron chi connectivity index (χ1n) is 14.6. The molecule has 2 saturated carbocycles. The number of carbonyl (C=O) groups is 1. The molecule has 4 rings (SSSR count). The summed E-state index contributed by atoms with van der Waals surface area (Å²) in [7, 11) is 0. The lowest BCUT2D eigenvalue weighted by Crippen LogP contribution is -2.23. The van der Waals surface area contributed by atoms with Crippen LogP contribution in [-0.2, 0) is 16.0 Å². The molecule has 4 nitrogen and oxygen atoms in total. The van der Waals surface area contributed by atoms with Crippen molar-refractivity contribution < 1.29 is 28.2 Å². The zero-order valence-corrected chi connectivity index (χ0v) is 23.2. The number of hydrogen-bond donors (Lipinski definition) is 1. The third-order valence-corrected chi connectivity index (χ3v) is 8.52. The van der Waals surface area contributed by atoms with Crippen LogP contribution < -0.4 is 4.74 Å². The topological polar surface area (TPSA) is 55.8 Å². The van der Waals surface area contributed by atoms with Gasteiger partial charge in [-0.25, -0.2) is 13.6 Å². The molecule has 0 aliphatic heterocycles. The van der Waals surface area contributed by atoms with E-state index in [-0.39, 0.29) is 31.3 Å². The van der Waals surface area contributed by atoms with E-state index in [2.05, 4.69) is 6.58 Å². The molecule has 0 aromatic heterocycles. The fourth-order valence-corrected chi connectivity index (χ4v) is 6.35. The van der Waals surface area contributed by atoms with E-state index in [0.29, 0.717) is 35.3 Å². The van der Waals surface area contributed by atoms with Crippen LogP contribution in [-0.4, -0.2) is 30.9 Å². The average molecular weight is 541 g/mol. The summed E-state index contributed by atoms with van der Waals surface area (Å²) >= 11 is 0. The van der Waals surface area contributed by atoms with E-state index in [1.54, 1.807) is 31.2 Å². The highest BCUT2D eigenvalue weighted by molar-refractivity contribution is 5.86. The van der Waals surface area contributed by atoms with Crippen LogP contribution in [0.15, 0.2) is 42.5 Å². The Labute approximate surface area is 231 Å². The standard InChI is InChI=1S/C33H42F2O4/c1-22(2)33(37)39-20-19-38-30-21-23(7-6-18-36)10-15-28(30)29-17-16-27(31(34)32(29)35)26-13-11-25(12-14-26)24-8-4-3-5-9-24/h10,15-17,21,24-26,36H,1,3-9,11-14,18-20H2,2H3. The lowest BCUT2D eigenvalue weighted by molar-refractivity contribution is -0.139. The number of esters is 1. The van der Waals surface area contributed by atoms with Crippen LogP contribution in [0.3, 0.4) is 0 Å². The summed E-state index contributed by atoms with van der Waals surface area (Å²) in [5.41, 5.74) is 2.27. The fraction of sp³-hybridized carbons (Fsp3) is 0.545. The normalized spacial score (nSPS) is 20.0. The van der Waals surface area contributed by atoms with Crippen LogP contribution >= 0.6 is 0 Å². The highest BCUT2D eigenvalue weighted by atomic mass is 19.2. The van der Waals surface area contributed by atoms with Gasteiger partial charge in [0.2, 0.25) is 0 Å². The minimum absolute atomic E-state index is 0.00527. The summed E-state index contributed by atoms with van der Waals surface area (Å²) in [6.07, 6.45) is 11.9. The van der Waals surface area contributed by atoms with Crippen molar-refractivity contribution in [1.29, 1.82) is 0 Å². The first kappa shape index (κ1) is 29.3. The number of aliphatic hydroxyl groups is 1. The van der Waals surface area contributed by atoms with E-state index in [4.69, 9.17) is 9.47 Å². The number of benzene rings is 2. The fourth-order valence-electron chi connectivity index (χ4n) is 6.35. The lowest BCUT2D eigenvalue weighted by atomic mass is 9.70. The van der Waals surface area contributed by atoms with Gasteiger partial charge in [0, 0.05) is 23.3 Å². The Morgan fingerprint density at radius 1 is 0.923 bits per heavy atom. The van der Waals surface area contributed by atoms with E-state index in [0.717, 1.165) is 43.1 Å². The molecule has 2 aromatic rings. The van der Waals surface area contributed by atoms with Crippen molar-refractivity contribution in [3.8, 4) is 16.9 Å². The molecule has 39 heavy (non-hydrogen) atoms. The molecule has 0 unspecified atom stereocenters. The zero-order valence-electron chi connectivity index (χ0n) is 23.2. The van der Waals surface area contributed by atoms with E-state index in [1.807, 2.05) is 6.07 Å². The molecular weight excluding hydrogens is 498 g/mol.